The highest BCUT2D eigenvalue weighted by Crippen LogP contribution is 2.24. The van der Waals surface area contributed by atoms with Crippen molar-refractivity contribution in [3.05, 3.63) is 63.3 Å². The molecule has 3 rings (SSSR count). The first kappa shape index (κ1) is 17.8. The highest BCUT2D eigenvalue weighted by atomic mass is 32.2. The largest absolute Gasteiger partial charge is 0.307 e. The number of hydrogen-bond acceptors (Lipinski definition) is 4. The lowest BCUT2D eigenvalue weighted by Gasteiger charge is -2.18. The van der Waals surface area contributed by atoms with Crippen LogP contribution >= 0.6 is 11.3 Å². The van der Waals surface area contributed by atoms with Crippen LogP contribution in [0.1, 0.15) is 30.5 Å². The average molecular weight is 377 g/mol. The number of benzene rings is 2. The summed E-state index contributed by atoms with van der Waals surface area (Å²) >= 11 is 1.05. The summed E-state index contributed by atoms with van der Waals surface area (Å²) in [6.07, 6.45) is 0.642. The van der Waals surface area contributed by atoms with Gasteiger partial charge in [0.25, 0.3) is 0 Å². The van der Waals surface area contributed by atoms with Crippen molar-refractivity contribution in [3.8, 4) is 0 Å². The molecule has 1 N–H and O–H groups in total. The second-order valence-electron chi connectivity index (χ2n) is 6.05. The molecule has 0 amide bonds. The molecule has 0 saturated heterocycles. The molecule has 0 aliphatic carbocycles. The normalized spacial score (nSPS) is 13.2. The first-order chi connectivity index (χ1) is 11.8. The smallest absolute Gasteiger partial charge is 0.302 e. The summed E-state index contributed by atoms with van der Waals surface area (Å²) in [7, 11) is -2.00. The van der Waals surface area contributed by atoms with E-state index in [0.29, 0.717) is 11.1 Å². The van der Waals surface area contributed by atoms with Crippen LogP contribution in [0.15, 0.2) is 52.2 Å². The van der Waals surface area contributed by atoms with E-state index in [9.17, 15) is 13.2 Å². The van der Waals surface area contributed by atoms with Crippen LogP contribution < -0.4 is 9.60 Å². The van der Waals surface area contributed by atoms with Crippen molar-refractivity contribution >= 4 is 31.6 Å². The number of thiazole rings is 1. The molecule has 1 aromatic heterocycles. The van der Waals surface area contributed by atoms with Crippen LogP contribution in [-0.4, -0.2) is 13.0 Å². The van der Waals surface area contributed by atoms with Gasteiger partial charge >= 0.3 is 4.87 Å². The van der Waals surface area contributed by atoms with Crippen LogP contribution in [0.5, 0.6) is 0 Å². The summed E-state index contributed by atoms with van der Waals surface area (Å²) < 4.78 is 30.5. The number of hydrogen-bond donors (Lipinski definition) is 1. The van der Waals surface area contributed by atoms with Crippen LogP contribution in [0.2, 0.25) is 0 Å². The second-order valence-corrected chi connectivity index (χ2v) is 8.76. The molecule has 1 atom stereocenters. The van der Waals surface area contributed by atoms with Crippen molar-refractivity contribution in [2.24, 2.45) is 7.05 Å². The van der Waals surface area contributed by atoms with Crippen LogP contribution in [-0.2, 0) is 17.1 Å². The number of aromatic nitrogens is 1. The van der Waals surface area contributed by atoms with E-state index in [1.165, 1.54) is 4.57 Å². The zero-order valence-electron chi connectivity index (χ0n) is 14.3. The molecule has 5 nitrogen and oxygen atoms in total. The van der Waals surface area contributed by atoms with Gasteiger partial charge in [-0.15, -0.1) is 0 Å². The summed E-state index contributed by atoms with van der Waals surface area (Å²) in [4.78, 5) is 11.8. The number of nitrogens with one attached hydrogen (secondary N) is 1. The van der Waals surface area contributed by atoms with E-state index in [-0.39, 0.29) is 15.8 Å². The summed E-state index contributed by atoms with van der Waals surface area (Å²) in [5, 5.41) is 0. The van der Waals surface area contributed by atoms with Crippen molar-refractivity contribution < 1.29 is 8.42 Å². The van der Waals surface area contributed by atoms with Gasteiger partial charge in [0.1, 0.15) is 0 Å². The van der Waals surface area contributed by atoms with E-state index < -0.39 is 10.0 Å². The third-order valence-corrected chi connectivity index (χ3v) is 6.72. The van der Waals surface area contributed by atoms with Crippen LogP contribution in [0.25, 0.3) is 10.2 Å². The topological polar surface area (TPSA) is 68.2 Å². The Bertz CT molecular complexity index is 1060. The highest BCUT2D eigenvalue weighted by Gasteiger charge is 2.21. The third-order valence-electron chi connectivity index (χ3n) is 4.26. The Labute approximate surface area is 151 Å². The van der Waals surface area contributed by atoms with Crippen molar-refractivity contribution in [2.45, 2.75) is 31.2 Å². The molecule has 132 valence electrons. The van der Waals surface area contributed by atoms with Gasteiger partial charge in [-0.2, -0.15) is 0 Å². The molecule has 7 heteroatoms. The lowest BCUT2D eigenvalue weighted by molar-refractivity contribution is 0.550. The molecule has 0 saturated carbocycles. The van der Waals surface area contributed by atoms with Gasteiger partial charge in [0, 0.05) is 13.1 Å². The van der Waals surface area contributed by atoms with E-state index in [4.69, 9.17) is 0 Å². The number of fused-ring (bicyclic) bond motifs is 1. The second kappa shape index (κ2) is 6.74. The van der Waals surface area contributed by atoms with Crippen molar-refractivity contribution in [1.29, 1.82) is 0 Å². The van der Waals surface area contributed by atoms with E-state index in [0.717, 1.165) is 28.0 Å². The van der Waals surface area contributed by atoms with Gasteiger partial charge in [-0.3, -0.25) is 4.79 Å². The molecule has 1 heterocycles. The lowest BCUT2D eigenvalue weighted by Crippen LogP contribution is -2.28. The number of nitrogens with zero attached hydrogens (tertiary/aromatic N) is 1. The molecule has 0 fully saturated rings. The molecule has 0 bridgehead atoms. The minimum Gasteiger partial charge on any atom is -0.302 e. The molecule has 0 spiro atoms. The Morgan fingerprint density at radius 1 is 1.16 bits per heavy atom. The van der Waals surface area contributed by atoms with Gasteiger partial charge in [-0.25, -0.2) is 13.1 Å². The van der Waals surface area contributed by atoms with Gasteiger partial charge in [0.15, 0.2) is 0 Å². The summed E-state index contributed by atoms with van der Waals surface area (Å²) in [5.41, 5.74) is 2.80. The van der Waals surface area contributed by atoms with E-state index in [1.807, 2.05) is 38.1 Å². The molecule has 0 aliphatic rings. The molecule has 25 heavy (non-hydrogen) atoms. The zero-order valence-corrected chi connectivity index (χ0v) is 15.9. The predicted octanol–water partition coefficient (Wildman–Crippen LogP) is 3.34. The van der Waals surface area contributed by atoms with Crippen molar-refractivity contribution in [3.63, 3.8) is 0 Å². The first-order valence-electron chi connectivity index (χ1n) is 8.00. The molecular weight excluding hydrogens is 356 g/mol. The SMILES string of the molecule is CCC(NS(=O)(=O)c1ccc2c(c1)sc(=O)n2C)c1ccc(C)cc1. The van der Waals surface area contributed by atoms with Crippen LogP contribution in [0.4, 0.5) is 0 Å². The quantitative estimate of drug-likeness (QED) is 0.743. The maximum Gasteiger partial charge on any atom is 0.307 e. The zero-order chi connectivity index (χ0) is 18.2. The van der Waals surface area contributed by atoms with Gasteiger partial charge in [-0.1, -0.05) is 48.1 Å². The molecule has 1 unspecified atom stereocenters. The van der Waals surface area contributed by atoms with Crippen molar-refractivity contribution in [2.75, 3.05) is 0 Å². The van der Waals surface area contributed by atoms with Gasteiger partial charge < -0.3 is 4.57 Å². The molecule has 3 aromatic rings. The summed E-state index contributed by atoms with van der Waals surface area (Å²) in [6.45, 7) is 3.94. The minimum atomic E-state index is -3.68. The number of aryl methyl sites for hydroxylation is 2. The van der Waals surface area contributed by atoms with Crippen LogP contribution in [0, 0.1) is 6.92 Å². The average Bonchev–Trinajstić information content (AvgIpc) is 2.87. The fourth-order valence-corrected chi connectivity index (χ4v) is 5.05. The van der Waals surface area contributed by atoms with Crippen LogP contribution in [0.3, 0.4) is 0 Å². The Kier molecular flexibility index (Phi) is 4.81. The van der Waals surface area contributed by atoms with Gasteiger partial charge in [0.05, 0.1) is 15.1 Å². The first-order valence-corrected chi connectivity index (χ1v) is 10.3. The Morgan fingerprint density at radius 3 is 2.48 bits per heavy atom. The standard InChI is InChI=1S/C18H20N2O3S2/c1-4-15(13-7-5-12(2)6-8-13)19-25(22,23)14-9-10-16-17(11-14)24-18(21)20(16)3/h5-11,15,19H,4H2,1-3H3. The monoisotopic (exact) mass is 376 g/mol. The fraction of sp³-hybridized carbons (Fsp3) is 0.278. The Balaban J connectivity index is 1.95. The fourth-order valence-electron chi connectivity index (χ4n) is 2.72. The van der Waals surface area contributed by atoms with Gasteiger partial charge in [-0.05, 0) is 37.1 Å². The maximum atomic E-state index is 12.8. The summed E-state index contributed by atoms with van der Waals surface area (Å²) in [6, 6.07) is 12.3. The van der Waals surface area contributed by atoms with Gasteiger partial charge in [0.2, 0.25) is 10.0 Å². The molecule has 0 aliphatic heterocycles. The molecule has 0 radical (unpaired) electrons. The number of sulfonamides is 1. The van der Waals surface area contributed by atoms with Crippen molar-refractivity contribution in [1.82, 2.24) is 9.29 Å². The number of rotatable bonds is 5. The van der Waals surface area contributed by atoms with E-state index in [1.54, 1.807) is 25.2 Å². The molecule has 2 aromatic carbocycles. The van der Waals surface area contributed by atoms with E-state index in [2.05, 4.69) is 4.72 Å². The molecular formula is C18H20N2O3S2. The Morgan fingerprint density at radius 2 is 1.84 bits per heavy atom. The van der Waals surface area contributed by atoms with E-state index >= 15 is 0 Å². The highest BCUT2D eigenvalue weighted by molar-refractivity contribution is 7.89. The maximum absolute atomic E-state index is 12.8. The summed E-state index contributed by atoms with van der Waals surface area (Å²) in [5.74, 6) is 0. The lowest BCUT2D eigenvalue weighted by atomic mass is 10.0. The Hall–Kier alpha value is -1.96. The minimum absolute atomic E-state index is 0.108. The third kappa shape index (κ3) is 3.53. The predicted molar refractivity (Wildman–Crippen MR) is 102 cm³/mol.